The minimum absolute atomic E-state index is 0.0403. The molecule has 7 heteroatoms. The van der Waals surface area contributed by atoms with E-state index in [4.69, 9.17) is 5.73 Å². The Balaban J connectivity index is 2.38. The summed E-state index contributed by atoms with van der Waals surface area (Å²) >= 11 is 1.27. The Kier molecular flexibility index (Phi) is 7.31. The fraction of sp³-hybridized carbons (Fsp3) is 0.357. The lowest BCUT2D eigenvalue weighted by molar-refractivity contribution is -0.138. The number of aliphatic carboxylic acids is 1. The summed E-state index contributed by atoms with van der Waals surface area (Å²) in [6.45, 7) is 0.0403. The van der Waals surface area contributed by atoms with E-state index in [0.29, 0.717) is 11.3 Å². The summed E-state index contributed by atoms with van der Waals surface area (Å²) < 4.78 is 0. The number of carbonyl (C=O) groups excluding carboxylic acids is 2. The van der Waals surface area contributed by atoms with Gasteiger partial charge in [-0.2, -0.15) is 11.8 Å². The van der Waals surface area contributed by atoms with Crippen LogP contribution in [0.25, 0.3) is 0 Å². The lowest BCUT2D eigenvalue weighted by Gasteiger charge is -2.13. The third-order valence-corrected chi connectivity index (χ3v) is 3.70. The molecule has 0 aromatic heterocycles. The van der Waals surface area contributed by atoms with Gasteiger partial charge in [0.05, 0.1) is 11.7 Å². The molecule has 0 spiro atoms. The molecule has 0 aliphatic carbocycles. The summed E-state index contributed by atoms with van der Waals surface area (Å²) in [5, 5.41) is 11.8. The van der Waals surface area contributed by atoms with Crippen LogP contribution in [-0.4, -0.2) is 40.9 Å². The van der Waals surface area contributed by atoms with Gasteiger partial charge < -0.3 is 16.2 Å². The summed E-state index contributed by atoms with van der Waals surface area (Å²) in [4.78, 5) is 33.4. The summed E-state index contributed by atoms with van der Waals surface area (Å²) in [6.07, 6.45) is 0.221. The van der Waals surface area contributed by atoms with E-state index in [2.05, 4.69) is 5.32 Å². The van der Waals surface area contributed by atoms with Crippen molar-refractivity contribution < 1.29 is 19.5 Å². The maximum Gasteiger partial charge on any atom is 0.312 e. The highest BCUT2D eigenvalue weighted by atomic mass is 32.2. The van der Waals surface area contributed by atoms with Gasteiger partial charge in [-0.1, -0.05) is 30.3 Å². The van der Waals surface area contributed by atoms with Gasteiger partial charge in [0.1, 0.15) is 0 Å². The van der Waals surface area contributed by atoms with Crippen molar-refractivity contribution in [2.24, 2.45) is 5.73 Å². The van der Waals surface area contributed by atoms with Crippen LogP contribution in [0, 0.1) is 0 Å². The Hall–Kier alpha value is -2.02. The Bertz CT molecular complexity index is 493. The fourth-order valence-corrected chi connectivity index (χ4v) is 2.35. The Morgan fingerprint density at radius 1 is 1.24 bits per heavy atom. The maximum atomic E-state index is 11.6. The van der Waals surface area contributed by atoms with Crippen LogP contribution in [0.15, 0.2) is 30.3 Å². The third kappa shape index (κ3) is 6.80. The third-order valence-electron chi connectivity index (χ3n) is 2.72. The highest BCUT2D eigenvalue weighted by molar-refractivity contribution is 7.99. The minimum Gasteiger partial charge on any atom is -0.481 e. The molecular formula is C14H18N2O4S. The zero-order valence-electron chi connectivity index (χ0n) is 11.5. The van der Waals surface area contributed by atoms with Crippen LogP contribution in [-0.2, 0) is 14.4 Å². The van der Waals surface area contributed by atoms with Gasteiger partial charge in [-0.3, -0.25) is 14.4 Å². The van der Waals surface area contributed by atoms with E-state index in [9.17, 15) is 19.5 Å². The van der Waals surface area contributed by atoms with Gasteiger partial charge in [-0.05, 0) is 5.56 Å². The van der Waals surface area contributed by atoms with Gasteiger partial charge in [-0.15, -0.1) is 0 Å². The first-order valence-electron chi connectivity index (χ1n) is 6.41. The Morgan fingerprint density at radius 3 is 2.48 bits per heavy atom. The van der Waals surface area contributed by atoms with E-state index in [1.54, 1.807) is 30.3 Å². The standard InChI is InChI=1S/C14H18N2O4S/c15-12(17)9-21-7-6-13(18)16-8-11(14(19)20)10-4-2-1-3-5-10/h1-5,11H,6-9H2,(H2,15,17)(H,16,18)(H,19,20). The quantitative estimate of drug-likeness (QED) is 0.578. The molecule has 0 saturated carbocycles. The fourth-order valence-electron chi connectivity index (χ4n) is 1.67. The highest BCUT2D eigenvalue weighted by Gasteiger charge is 2.20. The molecule has 0 saturated heterocycles. The molecule has 0 aliphatic rings. The van der Waals surface area contributed by atoms with E-state index in [0.717, 1.165) is 0 Å². The van der Waals surface area contributed by atoms with Crippen LogP contribution in [0.4, 0.5) is 0 Å². The summed E-state index contributed by atoms with van der Waals surface area (Å²) in [5.74, 6) is -1.77. The van der Waals surface area contributed by atoms with E-state index in [-0.39, 0.29) is 24.6 Å². The number of rotatable bonds is 9. The molecule has 4 N–H and O–H groups in total. The van der Waals surface area contributed by atoms with Crippen molar-refractivity contribution in [1.29, 1.82) is 0 Å². The normalized spacial score (nSPS) is 11.6. The number of benzene rings is 1. The van der Waals surface area contributed by atoms with E-state index in [1.807, 2.05) is 0 Å². The lowest BCUT2D eigenvalue weighted by atomic mass is 9.99. The number of thioether (sulfide) groups is 1. The van der Waals surface area contributed by atoms with Crippen molar-refractivity contribution in [2.75, 3.05) is 18.1 Å². The number of carboxylic acids is 1. The molecule has 0 heterocycles. The van der Waals surface area contributed by atoms with Crippen LogP contribution < -0.4 is 11.1 Å². The van der Waals surface area contributed by atoms with Crippen molar-refractivity contribution in [3.8, 4) is 0 Å². The van der Waals surface area contributed by atoms with Crippen molar-refractivity contribution in [1.82, 2.24) is 5.32 Å². The summed E-state index contributed by atoms with van der Waals surface area (Å²) in [5.41, 5.74) is 5.63. The van der Waals surface area contributed by atoms with Gasteiger partial charge >= 0.3 is 5.97 Å². The second-order valence-corrected chi connectivity index (χ2v) is 5.48. The molecule has 2 amide bonds. The van der Waals surface area contributed by atoms with Crippen LogP contribution in [0.1, 0.15) is 17.9 Å². The second-order valence-electron chi connectivity index (χ2n) is 4.37. The molecule has 6 nitrogen and oxygen atoms in total. The molecule has 1 rings (SSSR count). The van der Waals surface area contributed by atoms with Crippen LogP contribution in [0.3, 0.4) is 0 Å². The average Bonchev–Trinajstić information content (AvgIpc) is 2.44. The van der Waals surface area contributed by atoms with Gasteiger partial charge in [0.25, 0.3) is 0 Å². The van der Waals surface area contributed by atoms with E-state index < -0.39 is 17.8 Å². The number of primary amides is 1. The van der Waals surface area contributed by atoms with Crippen LogP contribution in [0.2, 0.25) is 0 Å². The molecule has 21 heavy (non-hydrogen) atoms. The summed E-state index contributed by atoms with van der Waals surface area (Å²) in [7, 11) is 0. The number of amides is 2. The van der Waals surface area contributed by atoms with Gasteiger partial charge in [-0.25, -0.2) is 0 Å². The number of carboxylic acid groups (broad SMARTS) is 1. The number of hydrogen-bond acceptors (Lipinski definition) is 4. The molecule has 0 fully saturated rings. The van der Waals surface area contributed by atoms with Gasteiger partial charge in [0.2, 0.25) is 11.8 Å². The molecule has 114 valence electrons. The second kappa shape index (κ2) is 9.02. The van der Waals surface area contributed by atoms with Crippen molar-refractivity contribution in [3.63, 3.8) is 0 Å². The largest absolute Gasteiger partial charge is 0.481 e. The van der Waals surface area contributed by atoms with E-state index in [1.165, 1.54) is 11.8 Å². The topological polar surface area (TPSA) is 109 Å². The number of hydrogen-bond donors (Lipinski definition) is 3. The smallest absolute Gasteiger partial charge is 0.312 e. The zero-order chi connectivity index (χ0) is 15.7. The monoisotopic (exact) mass is 310 g/mol. The molecule has 0 bridgehead atoms. The lowest BCUT2D eigenvalue weighted by Crippen LogP contribution is -2.31. The highest BCUT2D eigenvalue weighted by Crippen LogP contribution is 2.14. The first kappa shape index (κ1) is 17.0. The molecular weight excluding hydrogens is 292 g/mol. The van der Waals surface area contributed by atoms with E-state index >= 15 is 0 Å². The van der Waals surface area contributed by atoms with Gasteiger partial charge in [0.15, 0.2) is 0 Å². The number of carbonyl (C=O) groups is 3. The van der Waals surface area contributed by atoms with Crippen molar-refractivity contribution >= 4 is 29.5 Å². The molecule has 0 aliphatic heterocycles. The van der Waals surface area contributed by atoms with Gasteiger partial charge in [0, 0.05) is 18.7 Å². The predicted octanol–water partition coefficient (Wildman–Crippen LogP) is 0.580. The Morgan fingerprint density at radius 2 is 1.90 bits per heavy atom. The zero-order valence-corrected chi connectivity index (χ0v) is 12.3. The van der Waals surface area contributed by atoms with Crippen LogP contribution in [0.5, 0.6) is 0 Å². The molecule has 1 atom stereocenters. The van der Waals surface area contributed by atoms with Crippen molar-refractivity contribution in [3.05, 3.63) is 35.9 Å². The summed E-state index contributed by atoms with van der Waals surface area (Å²) in [6, 6.07) is 8.75. The first-order chi connectivity index (χ1) is 10.0. The van der Waals surface area contributed by atoms with Crippen molar-refractivity contribution in [2.45, 2.75) is 12.3 Å². The Labute approximate surface area is 127 Å². The molecule has 0 radical (unpaired) electrons. The number of nitrogens with two attached hydrogens (primary N) is 1. The molecule has 1 unspecified atom stereocenters. The predicted molar refractivity (Wildman–Crippen MR) is 81.0 cm³/mol. The first-order valence-corrected chi connectivity index (χ1v) is 7.56. The molecule has 1 aromatic carbocycles. The molecule has 1 aromatic rings. The number of nitrogens with one attached hydrogen (secondary N) is 1. The average molecular weight is 310 g/mol. The minimum atomic E-state index is -0.982. The van der Waals surface area contributed by atoms with Crippen LogP contribution >= 0.6 is 11.8 Å². The maximum absolute atomic E-state index is 11.6. The SMILES string of the molecule is NC(=O)CSCCC(=O)NCC(C(=O)O)c1ccccc1.